The molecule has 0 aliphatic carbocycles. The van der Waals surface area contributed by atoms with Gasteiger partial charge in [-0.2, -0.15) is 10.2 Å². The lowest BCUT2D eigenvalue weighted by atomic mass is 10.2. The molecule has 0 heterocycles. The molecule has 88 valence electrons. The van der Waals surface area contributed by atoms with Crippen molar-refractivity contribution in [2.24, 2.45) is 10.2 Å². The molecule has 0 bridgehead atoms. The fourth-order valence-electron chi connectivity index (χ4n) is 1.54. The van der Waals surface area contributed by atoms with E-state index in [1.54, 1.807) is 12.2 Å². The van der Waals surface area contributed by atoms with Crippen molar-refractivity contribution in [3.8, 4) is 0 Å². The van der Waals surface area contributed by atoms with Gasteiger partial charge in [0.1, 0.15) is 0 Å². The van der Waals surface area contributed by atoms with Gasteiger partial charge in [-0.25, -0.2) is 0 Å². The van der Waals surface area contributed by atoms with Crippen molar-refractivity contribution in [3.63, 3.8) is 0 Å². The summed E-state index contributed by atoms with van der Waals surface area (Å²) in [7, 11) is 0. The summed E-state index contributed by atoms with van der Waals surface area (Å²) in [6.07, 6.45) is 3.58. The number of hydrogen-bond acceptors (Lipinski definition) is 2. The normalized spacial score (nSPS) is 10.4. The Morgan fingerprint density at radius 2 is 1.17 bits per heavy atom. The molecule has 2 nitrogen and oxygen atoms in total. The van der Waals surface area contributed by atoms with Gasteiger partial charge >= 0.3 is 0 Å². The monoisotopic (exact) mass is 234 g/mol. The SMILES string of the molecule is C=Cc1cccc(N=Nc2cccc(C=C)c2)c1. The van der Waals surface area contributed by atoms with Gasteiger partial charge in [0.25, 0.3) is 0 Å². The van der Waals surface area contributed by atoms with Crippen LogP contribution in [0.4, 0.5) is 11.4 Å². The average molecular weight is 234 g/mol. The number of hydrogen-bond donors (Lipinski definition) is 0. The Kier molecular flexibility index (Phi) is 3.82. The van der Waals surface area contributed by atoms with Crippen molar-refractivity contribution in [1.29, 1.82) is 0 Å². The van der Waals surface area contributed by atoms with Crippen LogP contribution >= 0.6 is 0 Å². The van der Waals surface area contributed by atoms with Gasteiger partial charge in [-0.05, 0) is 35.4 Å². The number of benzene rings is 2. The van der Waals surface area contributed by atoms with Gasteiger partial charge in [-0.15, -0.1) is 0 Å². The van der Waals surface area contributed by atoms with E-state index in [-0.39, 0.29) is 0 Å². The Labute approximate surface area is 107 Å². The summed E-state index contributed by atoms with van der Waals surface area (Å²) in [5, 5.41) is 8.41. The highest BCUT2D eigenvalue weighted by molar-refractivity contribution is 5.55. The Balaban J connectivity index is 2.23. The molecule has 0 N–H and O–H groups in total. The van der Waals surface area contributed by atoms with Crippen molar-refractivity contribution >= 4 is 23.5 Å². The third-order valence-corrected chi connectivity index (χ3v) is 2.49. The summed E-state index contributed by atoms with van der Waals surface area (Å²) >= 11 is 0. The van der Waals surface area contributed by atoms with Gasteiger partial charge in [-0.1, -0.05) is 49.6 Å². The van der Waals surface area contributed by atoms with Gasteiger partial charge < -0.3 is 0 Å². The van der Waals surface area contributed by atoms with E-state index >= 15 is 0 Å². The molecule has 0 atom stereocenters. The second-order valence-corrected chi connectivity index (χ2v) is 3.80. The first-order valence-electron chi connectivity index (χ1n) is 5.68. The maximum Gasteiger partial charge on any atom is 0.0863 e. The Hall–Kier alpha value is -2.48. The van der Waals surface area contributed by atoms with Gasteiger partial charge in [0.2, 0.25) is 0 Å². The van der Waals surface area contributed by atoms with E-state index < -0.39 is 0 Å². The van der Waals surface area contributed by atoms with E-state index in [0.29, 0.717) is 0 Å². The van der Waals surface area contributed by atoms with Crippen LogP contribution in [0, 0.1) is 0 Å². The fraction of sp³-hybridized carbons (Fsp3) is 0. The van der Waals surface area contributed by atoms with Crippen molar-refractivity contribution in [2.75, 3.05) is 0 Å². The average Bonchev–Trinajstić information content (AvgIpc) is 2.45. The van der Waals surface area contributed by atoms with Crippen molar-refractivity contribution in [2.45, 2.75) is 0 Å². The molecule has 0 amide bonds. The van der Waals surface area contributed by atoms with E-state index in [9.17, 15) is 0 Å². The predicted octanol–water partition coefficient (Wildman–Crippen LogP) is 5.39. The van der Waals surface area contributed by atoms with Gasteiger partial charge in [-0.3, -0.25) is 0 Å². The highest BCUT2D eigenvalue weighted by Crippen LogP contribution is 2.20. The fourth-order valence-corrected chi connectivity index (χ4v) is 1.54. The Morgan fingerprint density at radius 1 is 0.722 bits per heavy atom. The Morgan fingerprint density at radius 3 is 1.56 bits per heavy atom. The second-order valence-electron chi connectivity index (χ2n) is 3.80. The highest BCUT2D eigenvalue weighted by atomic mass is 15.1. The van der Waals surface area contributed by atoms with Crippen LogP contribution in [0.15, 0.2) is 71.9 Å². The lowest BCUT2D eigenvalue weighted by molar-refractivity contribution is 1.23. The molecule has 0 spiro atoms. The molecule has 0 aliphatic heterocycles. The molecule has 0 unspecified atom stereocenters. The van der Waals surface area contributed by atoms with Crippen LogP contribution in [0.25, 0.3) is 12.2 Å². The Bertz CT molecular complexity index is 544. The van der Waals surface area contributed by atoms with E-state index in [1.165, 1.54) is 0 Å². The summed E-state index contributed by atoms with van der Waals surface area (Å²) in [5.41, 5.74) is 3.70. The topological polar surface area (TPSA) is 24.7 Å². The van der Waals surface area contributed by atoms with E-state index in [0.717, 1.165) is 22.5 Å². The standard InChI is InChI=1S/C16H14N2/c1-3-13-7-5-9-15(11-13)17-18-16-10-6-8-14(4-2)12-16/h3-12H,1-2H2. The van der Waals surface area contributed by atoms with Crippen LogP contribution in [0.5, 0.6) is 0 Å². The number of rotatable bonds is 4. The zero-order chi connectivity index (χ0) is 12.8. The molecule has 0 radical (unpaired) electrons. The van der Waals surface area contributed by atoms with Crippen molar-refractivity contribution in [3.05, 3.63) is 72.8 Å². The van der Waals surface area contributed by atoms with E-state index in [1.807, 2.05) is 48.5 Å². The largest absolute Gasteiger partial charge is 0.151 e. The zero-order valence-electron chi connectivity index (χ0n) is 10.1. The molecule has 2 heteroatoms. The summed E-state index contributed by atoms with van der Waals surface area (Å²) in [4.78, 5) is 0. The van der Waals surface area contributed by atoms with Crippen LogP contribution < -0.4 is 0 Å². The zero-order valence-corrected chi connectivity index (χ0v) is 10.1. The van der Waals surface area contributed by atoms with Gasteiger partial charge in [0, 0.05) is 0 Å². The maximum atomic E-state index is 4.20. The van der Waals surface area contributed by atoms with Crippen molar-refractivity contribution < 1.29 is 0 Å². The number of nitrogens with zero attached hydrogens (tertiary/aromatic N) is 2. The van der Waals surface area contributed by atoms with E-state index in [4.69, 9.17) is 0 Å². The summed E-state index contributed by atoms with van der Waals surface area (Å²) < 4.78 is 0. The first-order chi connectivity index (χ1) is 8.81. The van der Waals surface area contributed by atoms with Gasteiger partial charge in [0.05, 0.1) is 11.4 Å². The molecule has 0 saturated heterocycles. The van der Waals surface area contributed by atoms with Crippen LogP contribution in [0.2, 0.25) is 0 Å². The van der Waals surface area contributed by atoms with Crippen LogP contribution in [-0.4, -0.2) is 0 Å². The summed E-state index contributed by atoms with van der Waals surface area (Å²) in [6, 6.07) is 15.5. The minimum Gasteiger partial charge on any atom is -0.151 e. The van der Waals surface area contributed by atoms with Gasteiger partial charge in [0.15, 0.2) is 0 Å². The smallest absolute Gasteiger partial charge is 0.0863 e. The molecule has 2 rings (SSSR count). The molecule has 0 aliphatic rings. The predicted molar refractivity (Wildman–Crippen MR) is 77.2 cm³/mol. The summed E-state index contributed by atoms with van der Waals surface area (Å²) in [5.74, 6) is 0. The number of azo groups is 1. The van der Waals surface area contributed by atoms with E-state index in [2.05, 4.69) is 23.4 Å². The molecule has 0 saturated carbocycles. The minimum absolute atomic E-state index is 0.816. The molecular formula is C16H14N2. The first-order valence-corrected chi connectivity index (χ1v) is 5.68. The molecule has 2 aromatic rings. The summed E-state index contributed by atoms with van der Waals surface area (Å²) in [6.45, 7) is 7.46. The minimum atomic E-state index is 0.816. The van der Waals surface area contributed by atoms with Crippen LogP contribution in [0.3, 0.4) is 0 Å². The first kappa shape index (κ1) is 12.0. The second kappa shape index (κ2) is 5.73. The maximum absolute atomic E-state index is 4.20. The molecule has 2 aromatic carbocycles. The third kappa shape index (κ3) is 3.01. The quantitative estimate of drug-likeness (QED) is 0.634. The lowest BCUT2D eigenvalue weighted by Gasteiger charge is -1.97. The lowest BCUT2D eigenvalue weighted by Crippen LogP contribution is -1.71. The van der Waals surface area contributed by atoms with Crippen LogP contribution in [-0.2, 0) is 0 Å². The van der Waals surface area contributed by atoms with Crippen molar-refractivity contribution in [1.82, 2.24) is 0 Å². The molecule has 0 aromatic heterocycles. The third-order valence-electron chi connectivity index (χ3n) is 2.49. The molecule has 18 heavy (non-hydrogen) atoms. The molecule has 0 fully saturated rings. The highest BCUT2D eigenvalue weighted by Gasteiger charge is 1.93. The van der Waals surface area contributed by atoms with Crippen LogP contribution in [0.1, 0.15) is 11.1 Å². The molecular weight excluding hydrogens is 220 g/mol.